The van der Waals surface area contributed by atoms with E-state index in [2.05, 4.69) is 29.4 Å². The van der Waals surface area contributed by atoms with E-state index in [1.807, 2.05) is 59.6 Å². The molecule has 5 nitrogen and oxygen atoms in total. The van der Waals surface area contributed by atoms with Gasteiger partial charge >= 0.3 is 0 Å². The molecule has 148 valence electrons. The number of amides is 1. The highest BCUT2D eigenvalue weighted by Gasteiger charge is 2.28. The van der Waals surface area contributed by atoms with Gasteiger partial charge in [0.05, 0.1) is 6.04 Å². The second kappa shape index (κ2) is 8.88. The zero-order chi connectivity index (χ0) is 20.1. The van der Waals surface area contributed by atoms with Crippen LogP contribution in [-0.4, -0.2) is 35.4 Å². The maximum Gasteiger partial charge on any atom is 0.254 e. The Bertz CT molecular complexity index is 975. The fourth-order valence-electron chi connectivity index (χ4n) is 3.67. The van der Waals surface area contributed by atoms with Crippen LogP contribution >= 0.6 is 0 Å². The minimum absolute atomic E-state index is 0.0151. The lowest BCUT2D eigenvalue weighted by Gasteiger charge is -2.36. The van der Waals surface area contributed by atoms with Gasteiger partial charge in [0.1, 0.15) is 12.4 Å². The summed E-state index contributed by atoms with van der Waals surface area (Å²) in [6.07, 6.45) is 3.58. The molecule has 5 heteroatoms. The second-order valence-corrected chi connectivity index (χ2v) is 7.31. The van der Waals surface area contributed by atoms with Gasteiger partial charge in [-0.2, -0.15) is 0 Å². The van der Waals surface area contributed by atoms with Crippen molar-refractivity contribution in [3.05, 3.63) is 95.3 Å². The lowest BCUT2D eigenvalue weighted by atomic mass is 10.0. The summed E-state index contributed by atoms with van der Waals surface area (Å²) in [5, 5.41) is 3.38. The van der Waals surface area contributed by atoms with Crippen LogP contribution in [0.3, 0.4) is 0 Å². The summed E-state index contributed by atoms with van der Waals surface area (Å²) in [6.45, 7) is 4.71. The average Bonchev–Trinajstić information content (AvgIpc) is 2.78. The molecule has 1 aliphatic rings. The molecule has 4 rings (SSSR count). The molecule has 2 heterocycles. The van der Waals surface area contributed by atoms with Crippen LogP contribution in [0.5, 0.6) is 5.75 Å². The maximum atomic E-state index is 13.3. The van der Waals surface area contributed by atoms with Crippen molar-refractivity contribution in [3.63, 3.8) is 0 Å². The lowest BCUT2D eigenvalue weighted by Crippen LogP contribution is -2.48. The first-order chi connectivity index (χ1) is 14.2. The SMILES string of the molecule is Cc1cccc(COc2cccc(C(=O)N3CCNCC3c3cccnc3)c2)c1. The molecule has 1 unspecified atom stereocenters. The van der Waals surface area contributed by atoms with Crippen molar-refractivity contribution in [2.24, 2.45) is 0 Å². The van der Waals surface area contributed by atoms with Crippen LogP contribution in [-0.2, 0) is 6.61 Å². The van der Waals surface area contributed by atoms with Gasteiger partial charge in [0, 0.05) is 37.6 Å². The molecule has 2 aromatic carbocycles. The first-order valence-corrected chi connectivity index (χ1v) is 9.91. The smallest absolute Gasteiger partial charge is 0.254 e. The average molecular weight is 387 g/mol. The Hall–Kier alpha value is -3.18. The first-order valence-electron chi connectivity index (χ1n) is 9.91. The Morgan fingerprint density at radius 1 is 1.17 bits per heavy atom. The quantitative estimate of drug-likeness (QED) is 0.724. The van der Waals surface area contributed by atoms with E-state index in [1.54, 1.807) is 6.20 Å². The monoisotopic (exact) mass is 387 g/mol. The van der Waals surface area contributed by atoms with Gasteiger partial charge in [-0.3, -0.25) is 9.78 Å². The summed E-state index contributed by atoms with van der Waals surface area (Å²) in [4.78, 5) is 19.4. The fraction of sp³-hybridized carbons (Fsp3) is 0.250. The molecule has 0 radical (unpaired) electrons. The number of rotatable bonds is 5. The van der Waals surface area contributed by atoms with Crippen molar-refractivity contribution in [2.45, 2.75) is 19.6 Å². The summed E-state index contributed by atoms with van der Waals surface area (Å²) >= 11 is 0. The van der Waals surface area contributed by atoms with E-state index < -0.39 is 0 Å². The van der Waals surface area contributed by atoms with E-state index >= 15 is 0 Å². The largest absolute Gasteiger partial charge is 0.489 e. The number of nitrogens with one attached hydrogen (secondary N) is 1. The van der Waals surface area contributed by atoms with Gasteiger partial charge in [0.15, 0.2) is 0 Å². The van der Waals surface area contributed by atoms with Crippen LogP contribution in [0.1, 0.15) is 33.1 Å². The van der Waals surface area contributed by atoms with Crippen LogP contribution in [0.4, 0.5) is 0 Å². The van der Waals surface area contributed by atoms with E-state index in [1.165, 1.54) is 5.56 Å². The number of hydrogen-bond acceptors (Lipinski definition) is 4. The zero-order valence-corrected chi connectivity index (χ0v) is 16.5. The van der Waals surface area contributed by atoms with E-state index in [-0.39, 0.29) is 11.9 Å². The summed E-state index contributed by atoms with van der Waals surface area (Å²) in [7, 11) is 0. The fourth-order valence-corrected chi connectivity index (χ4v) is 3.67. The number of aromatic nitrogens is 1. The van der Waals surface area contributed by atoms with Crippen LogP contribution in [0.25, 0.3) is 0 Å². The van der Waals surface area contributed by atoms with Gasteiger partial charge in [-0.05, 0) is 42.3 Å². The van der Waals surface area contributed by atoms with E-state index in [9.17, 15) is 4.79 Å². The van der Waals surface area contributed by atoms with Crippen LogP contribution < -0.4 is 10.1 Å². The molecule has 0 spiro atoms. The Morgan fingerprint density at radius 3 is 2.90 bits per heavy atom. The summed E-state index contributed by atoms with van der Waals surface area (Å²) in [5.74, 6) is 0.715. The third kappa shape index (κ3) is 4.63. The Kier molecular flexibility index (Phi) is 5.86. The summed E-state index contributed by atoms with van der Waals surface area (Å²) in [6, 6.07) is 19.6. The predicted octanol–water partition coefficient (Wildman–Crippen LogP) is 3.76. The van der Waals surface area contributed by atoms with E-state index in [0.717, 1.165) is 24.2 Å². The van der Waals surface area contributed by atoms with E-state index in [4.69, 9.17) is 4.74 Å². The molecule has 1 aliphatic heterocycles. The molecule has 1 fully saturated rings. The van der Waals surface area contributed by atoms with Crippen LogP contribution in [0.2, 0.25) is 0 Å². The minimum Gasteiger partial charge on any atom is -0.489 e. The standard InChI is InChI=1S/C24H25N3O2/c1-18-5-2-6-19(13-18)17-29-22-9-3-7-20(14-22)24(28)27-12-11-26-16-23(27)21-8-4-10-25-15-21/h2-10,13-15,23,26H,11-12,16-17H2,1H3. The van der Waals surface area contributed by atoms with Crippen LogP contribution in [0.15, 0.2) is 73.1 Å². The third-order valence-electron chi connectivity index (χ3n) is 5.14. The number of hydrogen-bond donors (Lipinski definition) is 1. The molecular weight excluding hydrogens is 362 g/mol. The number of piperazine rings is 1. The van der Waals surface area contributed by atoms with Gasteiger partial charge in [-0.1, -0.05) is 42.0 Å². The van der Waals surface area contributed by atoms with E-state index in [0.29, 0.717) is 24.5 Å². The number of pyridine rings is 1. The van der Waals surface area contributed by atoms with Crippen molar-refractivity contribution < 1.29 is 9.53 Å². The topological polar surface area (TPSA) is 54.5 Å². The van der Waals surface area contributed by atoms with Gasteiger partial charge in [0.25, 0.3) is 5.91 Å². The molecule has 1 N–H and O–H groups in total. The molecule has 0 saturated carbocycles. The summed E-state index contributed by atoms with van der Waals surface area (Å²) < 4.78 is 5.94. The number of ether oxygens (including phenoxy) is 1. The lowest BCUT2D eigenvalue weighted by molar-refractivity contribution is 0.0633. The molecule has 1 saturated heterocycles. The Balaban J connectivity index is 1.50. The second-order valence-electron chi connectivity index (χ2n) is 7.31. The van der Waals surface area contributed by atoms with Crippen molar-refractivity contribution >= 4 is 5.91 Å². The molecule has 3 aromatic rings. The van der Waals surface area contributed by atoms with Gasteiger partial charge in [0.2, 0.25) is 0 Å². The highest BCUT2D eigenvalue weighted by atomic mass is 16.5. The molecule has 0 bridgehead atoms. The Morgan fingerprint density at radius 2 is 2.07 bits per heavy atom. The molecule has 1 aromatic heterocycles. The number of carbonyl (C=O) groups is 1. The van der Waals surface area contributed by atoms with Gasteiger partial charge < -0.3 is 15.0 Å². The van der Waals surface area contributed by atoms with Crippen molar-refractivity contribution in [1.29, 1.82) is 0 Å². The van der Waals surface area contributed by atoms with Gasteiger partial charge in [-0.25, -0.2) is 0 Å². The number of benzene rings is 2. The molecule has 29 heavy (non-hydrogen) atoms. The predicted molar refractivity (Wildman–Crippen MR) is 113 cm³/mol. The first kappa shape index (κ1) is 19.2. The zero-order valence-electron chi connectivity index (χ0n) is 16.5. The van der Waals surface area contributed by atoms with Crippen molar-refractivity contribution in [2.75, 3.05) is 19.6 Å². The number of carbonyl (C=O) groups excluding carboxylic acids is 1. The van der Waals surface area contributed by atoms with Gasteiger partial charge in [-0.15, -0.1) is 0 Å². The molecule has 0 aliphatic carbocycles. The highest BCUT2D eigenvalue weighted by molar-refractivity contribution is 5.95. The molecule has 1 amide bonds. The maximum absolute atomic E-state index is 13.3. The normalized spacial score (nSPS) is 16.4. The van der Waals surface area contributed by atoms with Crippen LogP contribution in [0, 0.1) is 6.92 Å². The number of aryl methyl sites for hydroxylation is 1. The minimum atomic E-state index is -0.0261. The summed E-state index contributed by atoms with van der Waals surface area (Å²) in [5.41, 5.74) is 4.00. The van der Waals surface area contributed by atoms with Crippen molar-refractivity contribution in [3.8, 4) is 5.75 Å². The van der Waals surface area contributed by atoms with Crippen molar-refractivity contribution in [1.82, 2.24) is 15.2 Å². The molecular formula is C24H25N3O2. The third-order valence-corrected chi connectivity index (χ3v) is 5.14. The Labute approximate surface area is 171 Å². The molecule has 1 atom stereocenters. The highest BCUT2D eigenvalue weighted by Crippen LogP contribution is 2.25. The number of nitrogens with zero attached hydrogens (tertiary/aromatic N) is 2.